The molecule has 1 N–H and O–H groups in total. The van der Waals surface area contributed by atoms with Gasteiger partial charge >= 0.3 is 0 Å². The zero-order valence-electron chi connectivity index (χ0n) is 9.79. The van der Waals surface area contributed by atoms with Gasteiger partial charge in [-0.3, -0.25) is 4.79 Å². The van der Waals surface area contributed by atoms with Gasteiger partial charge in [-0.2, -0.15) is 0 Å². The Morgan fingerprint density at radius 2 is 1.93 bits per heavy atom. The van der Waals surface area contributed by atoms with Crippen LogP contribution in [0.25, 0.3) is 0 Å². The molecule has 0 aromatic heterocycles. The summed E-state index contributed by atoms with van der Waals surface area (Å²) in [7, 11) is 0. The molecule has 0 aromatic rings. The minimum Gasteiger partial charge on any atom is -0.396 e. The fourth-order valence-corrected chi connectivity index (χ4v) is 1.36. The van der Waals surface area contributed by atoms with E-state index >= 15 is 0 Å². The zero-order valence-corrected chi connectivity index (χ0v) is 9.79. The highest BCUT2D eigenvalue weighted by Gasteiger charge is 2.17. The molecule has 1 unspecified atom stereocenters. The van der Waals surface area contributed by atoms with Crippen LogP contribution in [-0.2, 0) is 4.79 Å². The number of aliphatic hydroxyl groups excluding tert-OH is 1. The summed E-state index contributed by atoms with van der Waals surface area (Å²) in [4.78, 5) is 13.6. The molecule has 0 radical (unpaired) electrons. The summed E-state index contributed by atoms with van der Waals surface area (Å²) >= 11 is 0. The first-order valence-corrected chi connectivity index (χ1v) is 5.42. The van der Waals surface area contributed by atoms with Crippen LogP contribution >= 0.6 is 0 Å². The van der Waals surface area contributed by atoms with E-state index in [0.29, 0.717) is 6.54 Å². The Labute approximate surface area is 87.1 Å². The van der Waals surface area contributed by atoms with Crippen molar-refractivity contribution in [2.75, 3.05) is 19.7 Å². The van der Waals surface area contributed by atoms with E-state index < -0.39 is 0 Å². The Balaban J connectivity index is 4.20. The minimum absolute atomic E-state index is 0.0486. The predicted molar refractivity (Wildman–Crippen MR) is 58.0 cm³/mol. The van der Waals surface area contributed by atoms with Crippen LogP contribution in [0.1, 0.15) is 34.1 Å². The lowest BCUT2D eigenvalue weighted by molar-refractivity contribution is -0.135. The van der Waals surface area contributed by atoms with Crippen LogP contribution in [-0.4, -0.2) is 35.6 Å². The molecule has 0 heterocycles. The third kappa shape index (κ3) is 4.61. The second-order valence-corrected chi connectivity index (χ2v) is 4.23. The van der Waals surface area contributed by atoms with E-state index in [4.69, 9.17) is 5.11 Å². The number of nitrogens with zero attached hydrogens (tertiary/aromatic N) is 1. The van der Waals surface area contributed by atoms with E-state index in [2.05, 4.69) is 6.92 Å². The number of carbonyl (C=O) groups is 1. The molecule has 0 fully saturated rings. The Kier molecular flexibility index (Phi) is 6.54. The molecule has 14 heavy (non-hydrogen) atoms. The molecule has 1 atom stereocenters. The normalized spacial score (nSPS) is 13.0. The number of amides is 1. The highest BCUT2D eigenvalue weighted by Crippen LogP contribution is 2.06. The molecule has 0 bridgehead atoms. The lowest BCUT2D eigenvalue weighted by Gasteiger charge is -2.26. The van der Waals surface area contributed by atoms with Crippen molar-refractivity contribution < 1.29 is 9.90 Å². The van der Waals surface area contributed by atoms with Crippen molar-refractivity contribution in [2.24, 2.45) is 11.8 Å². The summed E-state index contributed by atoms with van der Waals surface area (Å²) in [6.45, 7) is 9.44. The number of aliphatic hydroxyl groups is 1. The van der Waals surface area contributed by atoms with Crippen molar-refractivity contribution in [3.8, 4) is 0 Å². The highest BCUT2D eigenvalue weighted by molar-refractivity contribution is 5.78. The Bertz CT molecular complexity index is 169. The van der Waals surface area contributed by atoms with E-state index in [9.17, 15) is 4.79 Å². The van der Waals surface area contributed by atoms with E-state index in [1.807, 2.05) is 25.7 Å². The molecule has 0 aliphatic heterocycles. The third-order valence-corrected chi connectivity index (χ3v) is 2.14. The quantitative estimate of drug-likeness (QED) is 0.707. The van der Waals surface area contributed by atoms with E-state index in [-0.39, 0.29) is 24.3 Å². The van der Waals surface area contributed by atoms with Crippen LogP contribution in [0.2, 0.25) is 0 Å². The number of rotatable bonds is 6. The van der Waals surface area contributed by atoms with Crippen molar-refractivity contribution >= 4 is 5.91 Å². The average molecular weight is 201 g/mol. The van der Waals surface area contributed by atoms with Gasteiger partial charge in [-0.1, -0.05) is 27.7 Å². The van der Waals surface area contributed by atoms with Crippen molar-refractivity contribution in [1.82, 2.24) is 4.90 Å². The summed E-state index contributed by atoms with van der Waals surface area (Å²) in [5.41, 5.74) is 0. The lowest BCUT2D eigenvalue weighted by atomic mass is 10.1. The summed E-state index contributed by atoms with van der Waals surface area (Å²) in [6.07, 6.45) is 0.969. The van der Waals surface area contributed by atoms with Gasteiger partial charge in [0.05, 0.1) is 0 Å². The monoisotopic (exact) mass is 201 g/mol. The maximum Gasteiger partial charge on any atom is 0.225 e. The van der Waals surface area contributed by atoms with E-state index in [1.165, 1.54) is 0 Å². The molecular weight excluding hydrogens is 178 g/mol. The summed E-state index contributed by atoms with van der Waals surface area (Å²) in [5, 5.41) is 8.93. The fourth-order valence-electron chi connectivity index (χ4n) is 1.36. The van der Waals surface area contributed by atoms with Crippen molar-refractivity contribution in [3.63, 3.8) is 0 Å². The van der Waals surface area contributed by atoms with Crippen molar-refractivity contribution in [2.45, 2.75) is 34.1 Å². The molecule has 3 heteroatoms. The van der Waals surface area contributed by atoms with Gasteiger partial charge in [-0.05, 0) is 12.3 Å². The fraction of sp³-hybridized carbons (Fsp3) is 0.909. The highest BCUT2D eigenvalue weighted by atomic mass is 16.3. The standard InChI is InChI=1S/C11H23NO2/c1-5-6-12(7-10(4)8-13)11(14)9(2)3/h9-10,13H,5-8H2,1-4H3. The second kappa shape index (κ2) is 6.82. The molecular formula is C11H23NO2. The molecule has 0 rings (SSSR count). The molecule has 3 nitrogen and oxygen atoms in total. The van der Waals surface area contributed by atoms with Gasteiger partial charge in [0.15, 0.2) is 0 Å². The van der Waals surface area contributed by atoms with Gasteiger partial charge in [0.2, 0.25) is 5.91 Å². The molecule has 0 saturated carbocycles. The third-order valence-electron chi connectivity index (χ3n) is 2.14. The summed E-state index contributed by atoms with van der Waals surface area (Å²) in [5.74, 6) is 0.406. The number of hydrogen-bond acceptors (Lipinski definition) is 2. The van der Waals surface area contributed by atoms with Gasteiger partial charge in [0.25, 0.3) is 0 Å². The van der Waals surface area contributed by atoms with Crippen LogP contribution < -0.4 is 0 Å². The Morgan fingerprint density at radius 1 is 1.36 bits per heavy atom. The van der Waals surface area contributed by atoms with Gasteiger partial charge in [0, 0.05) is 25.6 Å². The van der Waals surface area contributed by atoms with Crippen LogP contribution in [0, 0.1) is 11.8 Å². The zero-order chi connectivity index (χ0) is 11.1. The van der Waals surface area contributed by atoms with Crippen LogP contribution in [0.5, 0.6) is 0 Å². The average Bonchev–Trinajstić information content (AvgIpc) is 2.15. The van der Waals surface area contributed by atoms with Crippen LogP contribution in [0.3, 0.4) is 0 Å². The molecule has 1 amide bonds. The van der Waals surface area contributed by atoms with Crippen molar-refractivity contribution in [3.05, 3.63) is 0 Å². The molecule has 0 aliphatic rings. The largest absolute Gasteiger partial charge is 0.396 e. The van der Waals surface area contributed by atoms with Crippen molar-refractivity contribution in [1.29, 1.82) is 0 Å². The first-order chi connectivity index (χ1) is 6.52. The smallest absolute Gasteiger partial charge is 0.225 e. The predicted octanol–water partition coefficient (Wildman–Crippen LogP) is 1.51. The Morgan fingerprint density at radius 3 is 2.29 bits per heavy atom. The molecule has 84 valence electrons. The minimum atomic E-state index is 0.0486. The van der Waals surface area contributed by atoms with Gasteiger partial charge in [-0.25, -0.2) is 0 Å². The first-order valence-electron chi connectivity index (χ1n) is 5.42. The molecule has 0 aliphatic carbocycles. The maximum absolute atomic E-state index is 11.7. The summed E-state index contributed by atoms with van der Waals surface area (Å²) < 4.78 is 0. The first kappa shape index (κ1) is 13.4. The van der Waals surface area contributed by atoms with Crippen LogP contribution in [0.4, 0.5) is 0 Å². The number of hydrogen-bond donors (Lipinski definition) is 1. The topological polar surface area (TPSA) is 40.5 Å². The van der Waals surface area contributed by atoms with Gasteiger partial charge in [0.1, 0.15) is 0 Å². The molecule has 0 saturated heterocycles. The maximum atomic E-state index is 11.7. The SMILES string of the molecule is CCCN(CC(C)CO)C(=O)C(C)C. The molecule has 0 spiro atoms. The van der Waals surface area contributed by atoms with Gasteiger partial charge < -0.3 is 10.0 Å². The van der Waals surface area contributed by atoms with Gasteiger partial charge in [-0.15, -0.1) is 0 Å². The van der Waals surface area contributed by atoms with E-state index in [0.717, 1.165) is 13.0 Å². The lowest BCUT2D eigenvalue weighted by Crippen LogP contribution is -2.38. The summed E-state index contributed by atoms with van der Waals surface area (Å²) in [6, 6.07) is 0. The van der Waals surface area contributed by atoms with Crippen LogP contribution in [0.15, 0.2) is 0 Å². The Hall–Kier alpha value is -0.570. The second-order valence-electron chi connectivity index (χ2n) is 4.23. The number of carbonyl (C=O) groups excluding carboxylic acids is 1. The van der Waals surface area contributed by atoms with E-state index in [1.54, 1.807) is 0 Å². The molecule has 0 aromatic carbocycles.